The van der Waals surface area contributed by atoms with Crippen molar-refractivity contribution < 1.29 is 19.8 Å². The lowest BCUT2D eigenvalue weighted by Crippen LogP contribution is -2.42. The number of carbonyl (C=O) groups excluding carboxylic acids is 1. The Hall–Kier alpha value is -1.88. The van der Waals surface area contributed by atoms with Crippen LogP contribution in [0.4, 0.5) is 0 Å². The molecule has 5 heteroatoms. The van der Waals surface area contributed by atoms with Gasteiger partial charge in [-0.2, -0.15) is 0 Å². The third-order valence-corrected chi connectivity index (χ3v) is 2.91. The van der Waals surface area contributed by atoms with E-state index in [9.17, 15) is 9.59 Å². The SMILES string of the molecule is Cc1ccc(C)c(CC(=O)N[C@H](CCO)C(=O)O)c1. The van der Waals surface area contributed by atoms with Crippen LogP contribution < -0.4 is 5.32 Å². The van der Waals surface area contributed by atoms with Crippen LogP contribution in [0.1, 0.15) is 23.1 Å². The fourth-order valence-corrected chi connectivity index (χ4v) is 1.80. The van der Waals surface area contributed by atoms with Crippen molar-refractivity contribution >= 4 is 11.9 Å². The molecule has 0 radical (unpaired) electrons. The van der Waals surface area contributed by atoms with E-state index in [1.807, 2.05) is 32.0 Å². The molecule has 0 spiro atoms. The molecule has 0 aliphatic rings. The molecule has 1 aromatic rings. The highest BCUT2D eigenvalue weighted by Gasteiger charge is 2.19. The van der Waals surface area contributed by atoms with Crippen LogP contribution in [0.25, 0.3) is 0 Å². The number of aliphatic carboxylic acids is 1. The smallest absolute Gasteiger partial charge is 0.326 e. The molecule has 0 saturated carbocycles. The molecule has 1 atom stereocenters. The number of carbonyl (C=O) groups is 2. The Morgan fingerprint density at radius 2 is 2.00 bits per heavy atom. The van der Waals surface area contributed by atoms with Crippen LogP contribution in [0.5, 0.6) is 0 Å². The van der Waals surface area contributed by atoms with Crippen molar-refractivity contribution in [1.29, 1.82) is 0 Å². The molecule has 5 nitrogen and oxygen atoms in total. The number of carboxylic acids is 1. The first kappa shape index (κ1) is 15.2. The van der Waals surface area contributed by atoms with Gasteiger partial charge in [-0.1, -0.05) is 23.8 Å². The van der Waals surface area contributed by atoms with Gasteiger partial charge in [0.1, 0.15) is 6.04 Å². The summed E-state index contributed by atoms with van der Waals surface area (Å²) in [5.41, 5.74) is 2.93. The van der Waals surface area contributed by atoms with Gasteiger partial charge >= 0.3 is 5.97 Å². The van der Waals surface area contributed by atoms with Crippen molar-refractivity contribution in [2.75, 3.05) is 6.61 Å². The van der Waals surface area contributed by atoms with Crippen molar-refractivity contribution in [2.24, 2.45) is 0 Å². The average Bonchev–Trinajstić information content (AvgIpc) is 2.33. The second kappa shape index (κ2) is 6.89. The molecular weight excluding hydrogens is 246 g/mol. The molecule has 104 valence electrons. The predicted molar refractivity (Wildman–Crippen MR) is 70.9 cm³/mol. The van der Waals surface area contributed by atoms with E-state index in [4.69, 9.17) is 10.2 Å². The van der Waals surface area contributed by atoms with E-state index in [2.05, 4.69) is 5.32 Å². The Morgan fingerprint density at radius 1 is 1.32 bits per heavy atom. The molecule has 1 aromatic carbocycles. The normalized spacial score (nSPS) is 11.9. The number of hydrogen-bond donors (Lipinski definition) is 3. The minimum absolute atomic E-state index is 0.00781. The van der Waals surface area contributed by atoms with Gasteiger partial charge in [-0.3, -0.25) is 4.79 Å². The summed E-state index contributed by atoms with van der Waals surface area (Å²) < 4.78 is 0. The molecule has 0 heterocycles. The molecule has 0 bridgehead atoms. The molecule has 1 amide bonds. The molecule has 0 aliphatic carbocycles. The molecule has 0 saturated heterocycles. The van der Waals surface area contributed by atoms with Crippen molar-refractivity contribution in [1.82, 2.24) is 5.32 Å². The Bertz CT molecular complexity index is 471. The molecule has 19 heavy (non-hydrogen) atoms. The zero-order valence-corrected chi connectivity index (χ0v) is 11.1. The summed E-state index contributed by atoms with van der Waals surface area (Å²) in [7, 11) is 0. The van der Waals surface area contributed by atoms with Crippen LogP contribution >= 0.6 is 0 Å². The summed E-state index contributed by atoms with van der Waals surface area (Å²) in [5, 5.41) is 20.1. The summed E-state index contributed by atoms with van der Waals surface area (Å²) in [6.45, 7) is 3.57. The number of aryl methyl sites for hydroxylation is 2. The van der Waals surface area contributed by atoms with Gasteiger partial charge in [0.25, 0.3) is 0 Å². The fourth-order valence-electron chi connectivity index (χ4n) is 1.80. The standard InChI is InChI=1S/C14H19NO4/c1-9-3-4-10(2)11(7-9)8-13(17)15-12(5-6-16)14(18)19/h3-4,7,12,16H,5-6,8H2,1-2H3,(H,15,17)(H,18,19)/t12-/m1/s1. The van der Waals surface area contributed by atoms with Crippen LogP contribution in [0.3, 0.4) is 0 Å². The number of hydrogen-bond acceptors (Lipinski definition) is 3. The number of amides is 1. The van der Waals surface area contributed by atoms with Gasteiger partial charge in [-0.05, 0) is 25.0 Å². The maximum absolute atomic E-state index is 11.8. The van der Waals surface area contributed by atoms with Gasteiger partial charge in [0.2, 0.25) is 5.91 Å². The lowest BCUT2D eigenvalue weighted by Gasteiger charge is -2.14. The van der Waals surface area contributed by atoms with E-state index in [0.29, 0.717) is 0 Å². The fraction of sp³-hybridized carbons (Fsp3) is 0.429. The highest BCUT2D eigenvalue weighted by Crippen LogP contribution is 2.11. The lowest BCUT2D eigenvalue weighted by molar-refractivity contribution is -0.142. The van der Waals surface area contributed by atoms with Gasteiger partial charge < -0.3 is 15.5 Å². The third kappa shape index (κ3) is 4.71. The largest absolute Gasteiger partial charge is 0.480 e. The van der Waals surface area contributed by atoms with E-state index in [-0.39, 0.29) is 25.4 Å². The van der Waals surface area contributed by atoms with E-state index in [1.54, 1.807) is 0 Å². The highest BCUT2D eigenvalue weighted by atomic mass is 16.4. The topological polar surface area (TPSA) is 86.6 Å². The van der Waals surface area contributed by atoms with Crippen LogP contribution in [-0.4, -0.2) is 34.7 Å². The number of aliphatic hydroxyl groups excluding tert-OH is 1. The maximum Gasteiger partial charge on any atom is 0.326 e. The maximum atomic E-state index is 11.8. The van der Waals surface area contributed by atoms with Crippen LogP contribution in [0.15, 0.2) is 18.2 Å². The molecule has 3 N–H and O–H groups in total. The van der Waals surface area contributed by atoms with E-state index in [0.717, 1.165) is 16.7 Å². The second-order valence-electron chi connectivity index (χ2n) is 4.58. The first-order valence-corrected chi connectivity index (χ1v) is 6.13. The van der Waals surface area contributed by atoms with E-state index < -0.39 is 12.0 Å². The second-order valence-corrected chi connectivity index (χ2v) is 4.58. The monoisotopic (exact) mass is 265 g/mol. The summed E-state index contributed by atoms with van der Waals surface area (Å²) in [4.78, 5) is 22.7. The first-order chi connectivity index (χ1) is 8.93. The van der Waals surface area contributed by atoms with Crippen molar-refractivity contribution in [3.8, 4) is 0 Å². The number of nitrogens with one attached hydrogen (secondary N) is 1. The molecule has 0 fully saturated rings. The van der Waals surface area contributed by atoms with Crippen molar-refractivity contribution in [3.05, 3.63) is 34.9 Å². The Labute approximate surface area is 112 Å². The van der Waals surface area contributed by atoms with Gasteiger partial charge in [0.15, 0.2) is 0 Å². The predicted octanol–water partition coefficient (Wildman–Crippen LogP) is 0.798. The van der Waals surface area contributed by atoms with Crippen LogP contribution in [-0.2, 0) is 16.0 Å². The zero-order chi connectivity index (χ0) is 14.4. The molecule has 0 unspecified atom stereocenters. The van der Waals surface area contributed by atoms with E-state index >= 15 is 0 Å². The van der Waals surface area contributed by atoms with Gasteiger partial charge in [0.05, 0.1) is 6.42 Å². The summed E-state index contributed by atoms with van der Waals surface area (Å²) in [6, 6.07) is 4.77. The quantitative estimate of drug-likeness (QED) is 0.710. The van der Waals surface area contributed by atoms with Crippen LogP contribution in [0.2, 0.25) is 0 Å². The summed E-state index contributed by atoms with van der Waals surface area (Å²) >= 11 is 0. The minimum atomic E-state index is -1.14. The van der Waals surface area contributed by atoms with Gasteiger partial charge in [-0.15, -0.1) is 0 Å². The van der Waals surface area contributed by atoms with Gasteiger partial charge in [-0.25, -0.2) is 4.79 Å². The van der Waals surface area contributed by atoms with Gasteiger partial charge in [0, 0.05) is 13.0 Å². The third-order valence-electron chi connectivity index (χ3n) is 2.91. The molecule has 1 rings (SSSR count). The van der Waals surface area contributed by atoms with Crippen LogP contribution in [0, 0.1) is 13.8 Å². The Kier molecular flexibility index (Phi) is 5.51. The summed E-state index contributed by atoms with van der Waals surface area (Å²) in [5.74, 6) is -1.49. The lowest BCUT2D eigenvalue weighted by atomic mass is 10.0. The first-order valence-electron chi connectivity index (χ1n) is 6.13. The number of rotatable bonds is 6. The zero-order valence-electron chi connectivity index (χ0n) is 11.1. The highest BCUT2D eigenvalue weighted by molar-refractivity contribution is 5.85. The number of aliphatic hydroxyl groups is 1. The molecular formula is C14H19NO4. The molecule has 0 aromatic heterocycles. The Morgan fingerprint density at radius 3 is 2.58 bits per heavy atom. The van der Waals surface area contributed by atoms with Crippen molar-refractivity contribution in [3.63, 3.8) is 0 Å². The molecule has 0 aliphatic heterocycles. The summed E-state index contributed by atoms with van der Waals surface area (Å²) in [6.07, 6.45) is 0.149. The number of benzene rings is 1. The number of carboxylic acid groups (broad SMARTS) is 1. The van der Waals surface area contributed by atoms with E-state index in [1.165, 1.54) is 0 Å². The minimum Gasteiger partial charge on any atom is -0.480 e. The Balaban J connectivity index is 2.68. The average molecular weight is 265 g/mol. The van der Waals surface area contributed by atoms with Crippen molar-refractivity contribution in [2.45, 2.75) is 32.7 Å².